The minimum Gasteiger partial charge on any atom is -0.351 e. The molecule has 2 atom stereocenters. The van der Waals surface area contributed by atoms with E-state index in [4.69, 9.17) is 0 Å². The fourth-order valence-electron chi connectivity index (χ4n) is 11.3. The second-order valence-corrected chi connectivity index (χ2v) is 14.9. The molecular formula is C29H44N2O2. The Hall–Kier alpha value is -1.06. The van der Waals surface area contributed by atoms with Crippen LogP contribution < -0.4 is 10.6 Å². The number of hydrogen-bond donors (Lipinski definition) is 2. The Labute approximate surface area is 199 Å². The molecule has 9 rings (SSSR count). The van der Waals surface area contributed by atoms with Crippen molar-refractivity contribution in [2.24, 2.45) is 52.8 Å². The first-order chi connectivity index (χ1) is 15.7. The van der Waals surface area contributed by atoms with Gasteiger partial charge in [-0.05, 0) is 130 Å². The lowest BCUT2D eigenvalue weighted by Crippen LogP contribution is -2.64. The maximum Gasteiger partial charge on any atom is 0.224 e. The van der Waals surface area contributed by atoms with Gasteiger partial charge in [0.25, 0.3) is 0 Å². The molecule has 0 saturated heterocycles. The molecule has 2 unspecified atom stereocenters. The summed E-state index contributed by atoms with van der Waals surface area (Å²) >= 11 is 0. The van der Waals surface area contributed by atoms with Crippen molar-refractivity contribution in [3.63, 3.8) is 0 Å². The second-order valence-electron chi connectivity index (χ2n) is 14.9. The molecule has 9 fully saturated rings. The predicted molar refractivity (Wildman–Crippen MR) is 128 cm³/mol. The highest BCUT2D eigenvalue weighted by atomic mass is 16.2. The number of hydrogen-bond acceptors (Lipinski definition) is 2. The Balaban J connectivity index is 0.962. The van der Waals surface area contributed by atoms with Crippen LogP contribution in [0.5, 0.6) is 0 Å². The fraction of sp³-hybridized carbons (Fsp3) is 0.931. The molecule has 0 radical (unpaired) electrons. The maximum absolute atomic E-state index is 13.4. The largest absolute Gasteiger partial charge is 0.351 e. The SMILES string of the molecule is CC1(C)C(CC(=O)NC23CC4CC(CC(C4)C2)C3)CC1C(=O)NC12CC3CC(CC(C3)C1)C2. The fourth-order valence-corrected chi connectivity index (χ4v) is 11.3. The second kappa shape index (κ2) is 7.00. The molecule has 0 aromatic carbocycles. The molecule has 4 heteroatoms. The van der Waals surface area contributed by atoms with Gasteiger partial charge in [0.1, 0.15) is 0 Å². The van der Waals surface area contributed by atoms with Gasteiger partial charge in [0.15, 0.2) is 0 Å². The van der Waals surface area contributed by atoms with Crippen LogP contribution in [-0.4, -0.2) is 22.9 Å². The van der Waals surface area contributed by atoms with E-state index in [9.17, 15) is 9.59 Å². The standard InChI is InChI=1S/C29H44N2O2/c1-27(2)23(10-25(32)30-28-11-17-3-18(12-28)5-19(4-17)13-28)9-24(27)26(33)31-29-14-20-6-21(15-29)8-22(7-20)16-29/h17-24H,3-16H2,1-2H3,(H,30,32)(H,31,33). The predicted octanol–water partition coefficient (Wildman–Crippen LogP) is 5.21. The van der Waals surface area contributed by atoms with E-state index in [1.54, 1.807) is 0 Å². The minimum atomic E-state index is -0.0782. The van der Waals surface area contributed by atoms with Gasteiger partial charge < -0.3 is 10.6 Å². The number of rotatable bonds is 5. The van der Waals surface area contributed by atoms with Crippen molar-refractivity contribution < 1.29 is 9.59 Å². The molecule has 2 amide bonds. The van der Waals surface area contributed by atoms with Crippen LogP contribution in [0.15, 0.2) is 0 Å². The highest BCUT2D eigenvalue weighted by Gasteiger charge is 2.57. The van der Waals surface area contributed by atoms with Gasteiger partial charge in [-0.3, -0.25) is 9.59 Å². The topological polar surface area (TPSA) is 58.2 Å². The van der Waals surface area contributed by atoms with Gasteiger partial charge >= 0.3 is 0 Å². The van der Waals surface area contributed by atoms with Crippen molar-refractivity contribution in [3.8, 4) is 0 Å². The van der Waals surface area contributed by atoms with Crippen molar-refractivity contribution in [2.45, 2.75) is 115 Å². The summed E-state index contributed by atoms with van der Waals surface area (Å²) in [4.78, 5) is 26.6. The van der Waals surface area contributed by atoms with E-state index >= 15 is 0 Å². The Bertz CT molecular complexity index is 789. The van der Waals surface area contributed by atoms with Crippen molar-refractivity contribution in [1.29, 1.82) is 0 Å². The van der Waals surface area contributed by atoms with Crippen molar-refractivity contribution in [3.05, 3.63) is 0 Å². The van der Waals surface area contributed by atoms with Crippen LogP contribution in [-0.2, 0) is 9.59 Å². The van der Waals surface area contributed by atoms with Gasteiger partial charge in [0.05, 0.1) is 0 Å². The summed E-state index contributed by atoms with van der Waals surface area (Å²) in [6.07, 6.45) is 17.2. The maximum atomic E-state index is 13.4. The third-order valence-corrected chi connectivity index (χ3v) is 12.1. The average Bonchev–Trinajstić information content (AvgIpc) is 2.67. The number of carbonyl (C=O) groups excluding carboxylic acids is 2. The number of amides is 2. The third-order valence-electron chi connectivity index (χ3n) is 12.1. The van der Waals surface area contributed by atoms with E-state index in [1.165, 1.54) is 77.0 Å². The molecule has 0 aliphatic heterocycles. The van der Waals surface area contributed by atoms with Crippen molar-refractivity contribution in [1.82, 2.24) is 10.6 Å². The first-order valence-electron chi connectivity index (χ1n) is 14.3. The van der Waals surface area contributed by atoms with Crippen LogP contribution in [0.25, 0.3) is 0 Å². The molecule has 2 N–H and O–H groups in total. The van der Waals surface area contributed by atoms with Gasteiger partial charge in [-0.25, -0.2) is 0 Å². The third kappa shape index (κ3) is 3.43. The van der Waals surface area contributed by atoms with E-state index < -0.39 is 0 Å². The van der Waals surface area contributed by atoms with E-state index in [1.807, 2.05) is 0 Å². The van der Waals surface area contributed by atoms with E-state index in [0.29, 0.717) is 18.2 Å². The van der Waals surface area contributed by atoms with E-state index in [0.717, 1.165) is 41.9 Å². The zero-order valence-electron chi connectivity index (χ0n) is 20.8. The Morgan fingerprint density at radius 2 is 1.03 bits per heavy atom. The first kappa shape index (κ1) is 21.2. The smallest absolute Gasteiger partial charge is 0.224 e. The molecule has 9 saturated carbocycles. The molecule has 182 valence electrons. The summed E-state index contributed by atoms with van der Waals surface area (Å²) in [6, 6.07) is 0. The Morgan fingerprint density at radius 1 is 0.636 bits per heavy atom. The van der Waals surface area contributed by atoms with Crippen LogP contribution in [0.1, 0.15) is 104 Å². The molecule has 33 heavy (non-hydrogen) atoms. The van der Waals surface area contributed by atoms with Crippen LogP contribution >= 0.6 is 0 Å². The molecule has 0 aromatic rings. The number of carbonyl (C=O) groups is 2. The Kier molecular flexibility index (Phi) is 4.51. The quantitative estimate of drug-likeness (QED) is 0.602. The molecule has 0 heterocycles. The van der Waals surface area contributed by atoms with E-state index in [-0.39, 0.29) is 28.3 Å². The normalized spacial score (nSPS) is 52.4. The zero-order chi connectivity index (χ0) is 22.6. The lowest BCUT2D eigenvalue weighted by molar-refractivity contribution is -0.150. The van der Waals surface area contributed by atoms with Gasteiger partial charge in [-0.2, -0.15) is 0 Å². The van der Waals surface area contributed by atoms with Crippen LogP contribution in [0, 0.1) is 52.8 Å². The molecule has 0 spiro atoms. The molecule has 9 aliphatic rings. The lowest BCUT2D eigenvalue weighted by Gasteiger charge is -2.58. The summed E-state index contributed by atoms with van der Waals surface area (Å²) in [5, 5.41) is 7.19. The molecule has 9 aliphatic carbocycles. The molecular weight excluding hydrogens is 408 g/mol. The average molecular weight is 453 g/mol. The minimum absolute atomic E-state index is 0.0721. The number of nitrogens with one attached hydrogen (secondary N) is 2. The van der Waals surface area contributed by atoms with Crippen molar-refractivity contribution in [2.75, 3.05) is 0 Å². The summed E-state index contributed by atoms with van der Waals surface area (Å²) in [7, 11) is 0. The highest BCUT2D eigenvalue weighted by Crippen LogP contribution is 2.58. The molecule has 4 nitrogen and oxygen atoms in total. The first-order valence-corrected chi connectivity index (χ1v) is 14.3. The molecule has 0 aromatic heterocycles. The van der Waals surface area contributed by atoms with Crippen LogP contribution in [0.3, 0.4) is 0 Å². The van der Waals surface area contributed by atoms with Crippen molar-refractivity contribution >= 4 is 11.8 Å². The monoisotopic (exact) mass is 452 g/mol. The van der Waals surface area contributed by atoms with Gasteiger partial charge in [-0.1, -0.05) is 13.8 Å². The highest BCUT2D eigenvalue weighted by molar-refractivity contribution is 5.83. The van der Waals surface area contributed by atoms with Crippen LogP contribution in [0.2, 0.25) is 0 Å². The van der Waals surface area contributed by atoms with E-state index in [2.05, 4.69) is 24.5 Å². The Morgan fingerprint density at radius 3 is 1.42 bits per heavy atom. The summed E-state index contributed by atoms with van der Waals surface area (Å²) in [5.41, 5.74) is 0.128. The molecule has 8 bridgehead atoms. The lowest BCUT2D eigenvalue weighted by atomic mass is 9.51. The van der Waals surface area contributed by atoms with Gasteiger partial charge in [0, 0.05) is 23.4 Å². The van der Waals surface area contributed by atoms with Crippen LogP contribution in [0.4, 0.5) is 0 Å². The summed E-state index contributed by atoms with van der Waals surface area (Å²) < 4.78 is 0. The summed E-state index contributed by atoms with van der Waals surface area (Å²) in [6.45, 7) is 4.48. The summed E-state index contributed by atoms with van der Waals surface area (Å²) in [5.74, 6) is 6.08. The van der Waals surface area contributed by atoms with Gasteiger partial charge in [-0.15, -0.1) is 0 Å². The zero-order valence-corrected chi connectivity index (χ0v) is 20.8. The van der Waals surface area contributed by atoms with Gasteiger partial charge in [0.2, 0.25) is 11.8 Å².